The van der Waals surface area contributed by atoms with Crippen molar-refractivity contribution in [1.82, 2.24) is 9.88 Å². The Morgan fingerprint density at radius 2 is 2.29 bits per heavy atom. The smallest absolute Gasteiger partial charge is 0.273 e. The highest BCUT2D eigenvalue weighted by Crippen LogP contribution is 2.17. The maximum Gasteiger partial charge on any atom is 0.273 e. The van der Waals surface area contributed by atoms with Gasteiger partial charge in [-0.05, 0) is 20.8 Å². The molecule has 0 bridgehead atoms. The van der Waals surface area contributed by atoms with Crippen LogP contribution in [-0.2, 0) is 0 Å². The fourth-order valence-corrected chi connectivity index (χ4v) is 2.16. The second kappa shape index (κ2) is 5.93. The van der Waals surface area contributed by atoms with E-state index >= 15 is 0 Å². The molecule has 0 saturated carbocycles. The van der Waals surface area contributed by atoms with Gasteiger partial charge in [-0.3, -0.25) is 4.79 Å². The van der Waals surface area contributed by atoms with Crippen molar-refractivity contribution in [2.45, 2.75) is 32.9 Å². The molecule has 94 valence electrons. The minimum absolute atomic E-state index is 0.0666. The quantitative estimate of drug-likeness (QED) is 0.818. The molecule has 1 amide bonds. The standard InChI is InChI=1S/C12H19N3OS/c1-5-6-15(8(2)3)12(16)10-7-17-11(14-10)9(4)13/h5,7-9H,1,6,13H2,2-4H3. The second-order valence-corrected chi connectivity index (χ2v) is 5.09. The van der Waals surface area contributed by atoms with Crippen LogP contribution in [0.1, 0.15) is 42.3 Å². The Morgan fingerprint density at radius 3 is 2.71 bits per heavy atom. The Bertz CT molecular complexity index is 398. The molecular formula is C12H19N3OS. The number of nitrogens with zero attached hydrogens (tertiary/aromatic N) is 2. The van der Waals surface area contributed by atoms with Gasteiger partial charge in [-0.2, -0.15) is 0 Å². The molecule has 0 spiro atoms. The molecule has 0 aromatic carbocycles. The van der Waals surface area contributed by atoms with E-state index in [0.29, 0.717) is 12.2 Å². The van der Waals surface area contributed by atoms with Gasteiger partial charge >= 0.3 is 0 Å². The van der Waals surface area contributed by atoms with Crippen LogP contribution in [0, 0.1) is 0 Å². The summed E-state index contributed by atoms with van der Waals surface area (Å²) < 4.78 is 0. The Hall–Kier alpha value is -1.20. The predicted molar refractivity (Wildman–Crippen MR) is 71.1 cm³/mol. The molecule has 0 aliphatic heterocycles. The second-order valence-electron chi connectivity index (χ2n) is 4.20. The molecule has 1 aromatic heterocycles. The van der Waals surface area contributed by atoms with Gasteiger partial charge in [0.1, 0.15) is 10.7 Å². The van der Waals surface area contributed by atoms with Gasteiger partial charge in [-0.25, -0.2) is 4.98 Å². The zero-order valence-corrected chi connectivity index (χ0v) is 11.3. The van der Waals surface area contributed by atoms with Crippen molar-refractivity contribution in [2.24, 2.45) is 5.73 Å². The molecule has 2 N–H and O–H groups in total. The number of aromatic nitrogens is 1. The summed E-state index contributed by atoms with van der Waals surface area (Å²) in [5.74, 6) is -0.0666. The van der Waals surface area contributed by atoms with Crippen molar-refractivity contribution in [1.29, 1.82) is 0 Å². The number of carbonyl (C=O) groups excluding carboxylic acids is 1. The van der Waals surface area contributed by atoms with Gasteiger partial charge in [0.2, 0.25) is 0 Å². The van der Waals surface area contributed by atoms with E-state index in [1.54, 1.807) is 16.4 Å². The highest BCUT2D eigenvalue weighted by Gasteiger charge is 2.20. The molecular weight excluding hydrogens is 234 g/mol. The van der Waals surface area contributed by atoms with Crippen LogP contribution in [0.25, 0.3) is 0 Å². The van der Waals surface area contributed by atoms with Gasteiger partial charge in [-0.15, -0.1) is 17.9 Å². The van der Waals surface area contributed by atoms with Gasteiger partial charge in [-0.1, -0.05) is 6.08 Å². The lowest BCUT2D eigenvalue weighted by atomic mass is 10.2. The Balaban J connectivity index is 2.89. The van der Waals surface area contributed by atoms with Crippen LogP contribution in [0.15, 0.2) is 18.0 Å². The lowest BCUT2D eigenvalue weighted by Crippen LogP contribution is -2.37. The highest BCUT2D eigenvalue weighted by molar-refractivity contribution is 7.09. The van der Waals surface area contributed by atoms with Crippen molar-refractivity contribution in [2.75, 3.05) is 6.54 Å². The molecule has 0 fully saturated rings. The van der Waals surface area contributed by atoms with Crippen molar-refractivity contribution < 1.29 is 4.79 Å². The molecule has 5 heteroatoms. The fourth-order valence-electron chi connectivity index (χ4n) is 1.41. The minimum atomic E-state index is -0.131. The van der Waals surface area contributed by atoms with Gasteiger partial charge in [0.15, 0.2) is 0 Å². The summed E-state index contributed by atoms with van der Waals surface area (Å²) in [7, 11) is 0. The third-order valence-corrected chi connectivity index (χ3v) is 3.39. The number of rotatable bonds is 5. The molecule has 1 unspecified atom stereocenters. The first kappa shape index (κ1) is 13.9. The Kier molecular flexibility index (Phi) is 4.84. The molecule has 0 aliphatic carbocycles. The zero-order valence-electron chi connectivity index (χ0n) is 10.5. The topological polar surface area (TPSA) is 59.2 Å². The van der Waals surface area contributed by atoms with E-state index in [1.807, 2.05) is 20.8 Å². The third kappa shape index (κ3) is 3.38. The van der Waals surface area contributed by atoms with Crippen LogP contribution >= 0.6 is 11.3 Å². The molecule has 17 heavy (non-hydrogen) atoms. The molecule has 0 aliphatic rings. The molecule has 4 nitrogen and oxygen atoms in total. The molecule has 0 radical (unpaired) electrons. The molecule has 1 rings (SSSR count). The number of carbonyl (C=O) groups is 1. The monoisotopic (exact) mass is 253 g/mol. The van der Waals surface area contributed by atoms with Crippen LogP contribution in [0.2, 0.25) is 0 Å². The van der Waals surface area contributed by atoms with Crippen molar-refractivity contribution in [3.8, 4) is 0 Å². The summed E-state index contributed by atoms with van der Waals surface area (Å²) in [6.45, 7) is 9.99. The average Bonchev–Trinajstić information content (AvgIpc) is 2.73. The summed E-state index contributed by atoms with van der Waals surface area (Å²) in [5, 5.41) is 2.55. The van der Waals surface area contributed by atoms with E-state index in [-0.39, 0.29) is 18.0 Å². The molecule has 1 heterocycles. The summed E-state index contributed by atoms with van der Waals surface area (Å²) in [4.78, 5) is 18.2. The maximum absolute atomic E-state index is 12.2. The fraction of sp³-hybridized carbons (Fsp3) is 0.500. The summed E-state index contributed by atoms with van der Waals surface area (Å²) in [6, 6.07) is -0.00518. The molecule has 1 aromatic rings. The first-order chi connectivity index (χ1) is 7.97. The number of thiazole rings is 1. The van der Waals surface area contributed by atoms with Gasteiger partial charge < -0.3 is 10.6 Å². The van der Waals surface area contributed by atoms with E-state index in [2.05, 4.69) is 11.6 Å². The van der Waals surface area contributed by atoms with E-state index in [4.69, 9.17) is 5.73 Å². The number of nitrogens with two attached hydrogens (primary N) is 1. The van der Waals surface area contributed by atoms with Crippen LogP contribution < -0.4 is 5.73 Å². The highest BCUT2D eigenvalue weighted by atomic mass is 32.1. The SMILES string of the molecule is C=CCN(C(=O)c1csc(C(C)N)n1)C(C)C. The van der Waals surface area contributed by atoms with Crippen LogP contribution in [0.5, 0.6) is 0 Å². The van der Waals surface area contributed by atoms with Gasteiger partial charge in [0.05, 0.1) is 6.04 Å². The third-order valence-electron chi connectivity index (χ3n) is 2.34. The number of amides is 1. The van der Waals surface area contributed by atoms with Gasteiger partial charge in [0, 0.05) is 18.0 Å². The van der Waals surface area contributed by atoms with Crippen molar-refractivity contribution >= 4 is 17.2 Å². The van der Waals surface area contributed by atoms with E-state index in [0.717, 1.165) is 5.01 Å². The Morgan fingerprint density at radius 1 is 1.65 bits per heavy atom. The van der Waals surface area contributed by atoms with Crippen LogP contribution in [0.3, 0.4) is 0 Å². The Labute approximate surface area is 106 Å². The average molecular weight is 253 g/mol. The lowest BCUT2D eigenvalue weighted by molar-refractivity contribution is 0.0723. The largest absolute Gasteiger partial charge is 0.331 e. The van der Waals surface area contributed by atoms with E-state index in [9.17, 15) is 4.79 Å². The summed E-state index contributed by atoms with van der Waals surface area (Å²) in [6.07, 6.45) is 1.72. The summed E-state index contributed by atoms with van der Waals surface area (Å²) in [5.41, 5.74) is 6.20. The summed E-state index contributed by atoms with van der Waals surface area (Å²) >= 11 is 1.42. The minimum Gasteiger partial charge on any atom is -0.331 e. The zero-order chi connectivity index (χ0) is 13.0. The van der Waals surface area contributed by atoms with Crippen molar-refractivity contribution in [3.05, 3.63) is 28.7 Å². The molecule has 1 atom stereocenters. The number of hydrogen-bond acceptors (Lipinski definition) is 4. The normalized spacial score (nSPS) is 12.5. The van der Waals surface area contributed by atoms with Crippen LogP contribution in [-0.4, -0.2) is 28.4 Å². The predicted octanol–water partition coefficient (Wildman–Crippen LogP) is 2.20. The van der Waals surface area contributed by atoms with Gasteiger partial charge in [0.25, 0.3) is 5.91 Å². The lowest BCUT2D eigenvalue weighted by Gasteiger charge is -2.24. The first-order valence-corrected chi connectivity index (χ1v) is 6.48. The van der Waals surface area contributed by atoms with E-state index in [1.165, 1.54) is 11.3 Å². The van der Waals surface area contributed by atoms with E-state index < -0.39 is 0 Å². The molecule has 0 saturated heterocycles. The first-order valence-electron chi connectivity index (χ1n) is 5.60. The number of hydrogen-bond donors (Lipinski definition) is 1. The maximum atomic E-state index is 12.2. The van der Waals surface area contributed by atoms with Crippen molar-refractivity contribution in [3.63, 3.8) is 0 Å². The van der Waals surface area contributed by atoms with Crippen LogP contribution in [0.4, 0.5) is 0 Å².